The lowest BCUT2D eigenvalue weighted by molar-refractivity contribution is 0.447. The number of likely N-dealkylation sites (N-methyl/N-ethyl adjacent to an activating group) is 1. The van der Waals surface area contributed by atoms with Gasteiger partial charge in [0.1, 0.15) is 11.5 Å². The molecule has 0 saturated carbocycles. The summed E-state index contributed by atoms with van der Waals surface area (Å²) >= 11 is 0. The highest BCUT2D eigenvalue weighted by Gasteiger charge is 2.16. The fourth-order valence-electron chi connectivity index (χ4n) is 1.92. The van der Waals surface area contributed by atoms with Crippen LogP contribution < -0.4 is 5.32 Å². The van der Waals surface area contributed by atoms with Crippen LogP contribution in [0.5, 0.6) is 0 Å². The summed E-state index contributed by atoms with van der Waals surface area (Å²) in [5, 5.41) is 3.44. The SMILES string of the molecule is CCNC(Cc1ccco1)c1ccoc1C. The highest BCUT2D eigenvalue weighted by Crippen LogP contribution is 2.22. The van der Waals surface area contributed by atoms with E-state index in [0.29, 0.717) is 0 Å². The molecule has 0 aliphatic rings. The Morgan fingerprint density at radius 3 is 2.69 bits per heavy atom. The number of hydrogen-bond acceptors (Lipinski definition) is 3. The minimum Gasteiger partial charge on any atom is -0.469 e. The lowest BCUT2D eigenvalue weighted by atomic mass is 10.0. The molecule has 0 aromatic carbocycles. The van der Waals surface area contributed by atoms with Crippen LogP contribution in [-0.2, 0) is 6.42 Å². The molecule has 0 aliphatic heterocycles. The molecule has 0 fully saturated rings. The summed E-state index contributed by atoms with van der Waals surface area (Å²) in [7, 11) is 0. The van der Waals surface area contributed by atoms with Gasteiger partial charge in [-0.3, -0.25) is 0 Å². The third-order valence-electron chi connectivity index (χ3n) is 2.71. The average Bonchev–Trinajstić information content (AvgIpc) is 2.88. The van der Waals surface area contributed by atoms with Crippen LogP contribution in [0.15, 0.2) is 39.6 Å². The van der Waals surface area contributed by atoms with E-state index < -0.39 is 0 Å². The first-order valence-corrected chi connectivity index (χ1v) is 5.61. The first kappa shape index (κ1) is 11.0. The summed E-state index contributed by atoms with van der Waals surface area (Å²) < 4.78 is 10.7. The van der Waals surface area contributed by atoms with Crippen molar-refractivity contribution in [2.24, 2.45) is 0 Å². The Labute approximate surface area is 95.5 Å². The molecule has 0 saturated heterocycles. The van der Waals surface area contributed by atoms with Crippen LogP contribution in [0.4, 0.5) is 0 Å². The molecule has 3 nitrogen and oxygen atoms in total. The quantitative estimate of drug-likeness (QED) is 0.839. The summed E-state index contributed by atoms with van der Waals surface area (Å²) in [4.78, 5) is 0. The van der Waals surface area contributed by atoms with Crippen LogP contribution in [0.2, 0.25) is 0 Å². The van der Waals surface area contributed by atoms with E-state index in [1.165, 1.54) is 5.56 Å². The molecule has 2 aromatic heterocycles. The van der Waals surface area contributed by atoms with E-state index in [1.807, 2.05) is 25.1 Å². The molecular formula is C13H17NO2. The van der Waals surface area contributed by atoms with Gasteiger partial charge in [0.25, 0.3) is 0 Å². The molecule has 16 heavy (non-hydrogen) atoms. The first-order chi connectivity index (χ1) is 7.81. The van der Waals surface area contributed by atoms with Gasteiger partial charge in [-0.1, -0.05) is 6.92 Å². The third-order valence-corrected chi connectivity index (χ3v) is 2.71. The molecule has 2 aromatic rings. The van der Waals surface area contributed by atoms with E-state index in [9.17, 15) is 0 Å². The van der Waals surface area contributed by atoms with Crippen molar-refractivity contribution in [1.29, 1.82) is 0 Å². The number of hydrogen-bond donors (Lipinski definition) is 1. The van der Waals surface area contributed by atoms with Crippen LogP contribution in [0, 0.1) is 6.92 Å². The Bertz CT molecular complexity index is 417. The summed E-state index contributed by atoms with van der Waals surface area (Å²) in [6, 6.07) is 6.20. The van der Waals surface area contributed by atoms with Crippen LogP contribution in [-0.4, -0.2) is 6.54 Å². The lowest BCUT2D eigenvalue weighted by Gasteiger charge is -2.15. The number of aryl methyl sites for hydroxylation is 1. The predicted octanol–water partition coefficient (Wildman–Crippen LogP) is 3.07. The zero-order valence-electron chi connectivity index (χ0n) is 9.69. The second-order valence-electron chi connectivity index (χ2n) is 3.83. The van der Waals surface area contributed by atoms with Crippen molar-refractivity contribution < 1.29 is 8.83 Å². The Morgan fingerprint density at radius 1 is 1.25 bits per heavy atom. The molecule has 0 radical (unpaired) electrons. The summed E-state index contributed by atoms with van der Waals surface area (Å²) in [5.41, 5.74) is 1.21. The van der Waals surface area contributed by atoms with Crippen LogP contribution >= 0.6 is 0 Å². The van der Waals surface area contributed by atoms with Gasteiger partial charge in [0.15, 0.2) is 0 Å². The average molecular weight is 219 g/mol. The van der Waals surface area contributed by atoms with E-state index in [4.69, 9.17) is 8.83 Å². The van der Waals surface area contributed by atoms with Crippen LogP contribution in [0.25, 0.3) is 0 Å². The van der Waals surface area contributed by atoms with Gasteiger partial charge in [-0.05, 0) is 31.7 Å². The molecule has 2 rings (SSSR count). The minimum absolute atomic E-state index is 0.259. The molecule has 1 atom stereocenters. The zero-order valence-corrected chi connectivity index (χ0v) is 9.69. The maximum Gasteiger partial charge on any atom is 0.105 e. The number of furan rings is 2. The summed E-state index contributed by atoms with van der Waals surface area (Å²) in [5.74, 6) is 1.96. The van der Waals surface area contributed by atoms with Crippen LogP contribution in [0.3, 0.4) is 0 Å². The molecule has 86 valence electrons. The normalized spacial score (nSPS) is 12.9. The lowest BCUT2D eigenvalue weighted by Crippen LogP contribution is -2.22. The molecule has 0 amide bonds. The van der Waals surface area contributed by atoms with Gasteiger partial charge < -0.3 is 14.2 Å². The summed E-state index contributed by atoms with van der Waals surface area (Å²) in [6.07, 6.45) is 4.29. The minimum atomic E-state index is 0.259. The molecule has 3 heteroatoms. The fourth-order valence-corrected chi connectivity index (χ4v) is 1.92. The second kappa shape index (κ2) is 5.03. The van der Waals surface area contributed by atoms with E-state index in [1.54, 1.807) is 12.5 Å². The molecular weight excluding hydrogens is 202 g/mol. The molecule has 0 aliphatic carbocycles. The maximum atomic E-state index is 5.38. The van der Waals surface area contributed by atoms with Crippen molar-refractivity contribution in [3.05, 3.63) is 47.8 Å². The largest absolute Gasteiger partial charge is 0.469 e. The van der Waals surface area contributed by atoms with Crippen molar-refractivity contribution in [1.82, 2.24) is 5.32 Å². The van der Waals surface area contributed by atoms with Gasteiger partial charge in [-0.15, -0.1) is 0 Å². The van der Waals surface area contributed by atoms with Crippen LogP contribution in [0.1, 0.15) is 30.0 Å². The molecule has 1 unspecified atom stereocenters. The maximum absolute atomic E-state index is 5.38. The van der Waals surface area contributed by atoms with Crippen molar-refractivity contribution in [3.8, 4) is 0 Å². The highest BCUT2D eigenvalue weighted by molar-refractivity contribution is 5.22. The van der Waals surface area contributed by atoms with Crippen molar-refractivity contribution in [2.75, 3.05) is 6.54 Å². The van der Waals surface area contributed by atoms with Gasteiger partial charge >= 0.3 is 0 Å². The number of rotatable bonds is 5. The Morgan fingerprint density at radius 2 is 2.12 bits per heavy atom. The topological polar surface area (TPSA) is 38.3 Å². The van der Waals surface area contributed by atoms with E-state index in [2.05, 4.69) is 12.2 Å². The van der Waals surface area contributed by atoms with Crippen molar-refractivity contribution in [3.63, 3.8) is 0 Å². The third kappa shape index (κ3) is 2.36. The van der Waals surface area contributed by atoms with Gasteiger partial charge in [0.05, 0.1) is 12.5 Å². The van der Waals surface area contributed by atoms with E-state index in [-0.39, 0.29) is 6.04 Å². The van der Waals surface area contributed by atoms with Gasteiger partial charge in [0, 0.05) is 18.0 Å². The van der Waals surface area contributed by atoms with Gasteiger partial charge in [0.2, 0.25) is 0 Å². The highest BCUT2D eigenvalue weighted by atomic mass is 16.3. The predicted molar refractivity (Wildman–Crippen MR) is 62.3 cm³/mol. The Balaban J connectivity index is 2.14. The zero-order chi connectivity index (χ0) is 11.4. The van der Waals surface area contributed by atoms with E-state index >= 15 is 0 Å². The van der Waals surface area contributed by atoms with Gasteiger partial charge in [-0.25, -0.2) is 0 Å². The fraction of sp³-hybridized carbons (Fsp3) is 0.385. The molecule has 1 N–H and O–H groups in total. The second-order valence-corrected chi connectivity index (χ2v) is 3.83. The first-order valence-electron chi connectivity index (χ1n) is 5.61. The Hall–Kier alpha value is -1.48. The van der Waals surface area contributed by atoms with Gasteiger partial charge in [-0.2, -0.15) is 0 Å². The summed E-state index contributed by atoms with van der Waals surface area (Å²) in [6.45, 7) is 5.02. The van der Waals surface area contributed by atoms with E-state index in [0.717, 1.165) is 24.5 Å². The molecule has 0 bridgehead atoms. The molecule has 0 spiro atoms. The Kier molecular flexibility index (Phi) is 3.47. The smallest absolute Gasteiger partial charge is 0.105 e. The standard InChI is InChI=1S/C13H17NO2/c1-3-14-13(9-11-5-4-7-16-11)12-6-8-15-10(12)2/h4-8,13-14H,3,9H2,1-2H3. The van der Waals surface area contributed by atoms with Crippen molar-refractivity contribution >= 4 is 0 Å². The number of nitrogens with one attached hydrogen (secondary N) is 1. The molecule has 2 heterocycles. The monoisotopic (exact) mass is 219 g/mol. The van der Waals surface area contributed by atoms with Crippen molar-refractivity contribution in [2.45, 2.75) is 26.3 Å².